The maximum Gasteiger partial charge on any atom is 0.194 e. The Labute approximate surface area is 140 Å². The maximum absolute atomic E-state index is 13.6. The lowest BCUT2D eigenvalue weighted by atomic mass is 10.1. The number of rotatable bonds is 6. The van der Waals surface area contributed by atoms with Gasteiger partial charge < -0.3 is 10.2 Å². The second-order valence-corrected chi connectivity index (χ2v) is 5.38. The largest absolute Gasteiger partial charge is 0.357 e. The van der Waals surface area contributed by atoms with Gasteiger partial charge in [0.2, 0.25) is 0 Å². The number of guanidine groups is 1. The third-order valence-electron chi connectivity index (χ3n) is 3.54. The Bertz CT molecular complexity index is 698. The highest BCUT2D eigenvalue weighted by molar-refractivity contribution is 5.79. The van der Waals surface area contributed by atoms with Crippen molar-refractivity contribution in [3.05, 3.63) is 47.5 Å². The zero-order chi connectivity index (χ0) is 17.5. The number of aryl methyl sites for hydroxylation is 1. The molecule has 1 heterocycles. The first-order valence-corrected chi connectivity index (χ1v) is 7.77. The molecule has 0 bridgehead atoms. The number of aliphatic imine (C=N–C) groups is 1. The van der Waals surface area contributed by atoms with Gasteiger partial charge in [0.05, 0.1) is 6.54 Å². The average molecular weight is 336 g/mol. The molecule has 1 aromatic carbocycles. The lowest BCUT2D eigenvalue weighted by Gasteiger charge is -2.21. The average Bonchev–Trinajstić information content (AvgIpc) is 2.93. The number of hydrogen-bond donors (Lipinski definition) is 1. The van der Waals surface area contributed by atoms with Gasteiger partial charge in [0.1, 0.15) is 23.8 Å². The van der Waals surface area contributed by atoms with Gasteiger partial charge in [-0.2, -0.15) is 5.10 Å². The van der Waals surface area contributed by atoms with Crippen molar-refractivity contribution in [1.82, 2.24) is 25.0 Å². The highest BCUT2D eigenvalue weighted by atomic mass is 19.1. The van der Waals surface area contributed by atoms with E-state index in [0.29, 0.717) is 37.6 Å². The number of halogens is 2. The van der Waals surface area contributed by atoms with Gasteiger partial charge in [-0.05, 0) is 25.0 Å². The molecule has 1 N–H and O–H groups in total. The van der Waals surface area contributed by atoms with Crippen molar-refractivity contribution in [2.24, 2.45) is 12.0 Å². The number of benzene rings is 1. The molecular formula is C16H22F2N6. The number of aromatic nitrogens is 3. The van der Waals surface area contributed by atoms with Crippen LogP contribution in [0.2, 0.25) is 0 Å². The summed E-state index contributed by atoms with van der Waals surface area (Å²) in [7, 11) is 3.73. The second-order valence-electron chi connectivity index (χ2n) is 5.38. The van der Waals surface area contributed by atoms with Crippen LogP contribution in [-0.2, 0) is 20.0 Å². The first kappa shape index (κ1) is 17.8. The first-order chi connectivity index (χ1) is 11.5. The van der Waals surface area contributed by atoms with Crippen LogP contribution in [0.3, 0.4) is 0 Å². The van der Waals surface area contributed by atoms with Gasteiger partial charge in [-0.15, -0.1) is 0 Å². The van der Waals surface area contributed by atoms with Crippen molar-refractivity contribution in [3.8, 4) is 0 Å². The standard InChI is InChI=1S/C16H22F2N6/c1-4-19-16(23(2)10-15-21-11-22-24(15)3)20-8-7-12-5-6-13(17)9-14(12)18/h5-6,9,11H,4,7-8,10H2,1-3H3,(H,19,20). The molecule has 0 radical (unpaired) electrons. The SMILES string of the molecule is CCNC(=NCCc1ccc(F)cc1F)N(C)Cc1ncnn1C. The van der Waals surface area contributed by atoms with Gasteiger partial charge in [-0.1, -0.05) is 6.07 Å². The molecule has 2 aromatic rings. The van der Waals surface area contributed by atoms with E-state index in [-0.39, 0.29) is 0 Å². The molecule has 0 saturated heterocycles. The molecule has 1 aromatic heterocycles. The summed E-state index contributed by atoms with van der Waals surface area (Å²) in [6.07, 6.45) is 1.91. The molecule has 24 heavy (non-hydrogen) atoms. The van der Waals surface area contributed by atoms with E-state index in [2.05, 4.69) is 20.4 Å². The van der Waals surface area contributed by atoms with Crippen LogP contribution in [-0.4, -0.2) is 45.8 Å². The fourth-order valence-electron chi connectivity index (χ4n) is 2.23. The monoisotopic (exact) mass is 336 g/mol. The first-order valence-electron chi connectivity index (χ1n) is 7.77. The molecule has 2 rings (SSSR count). The molecule has 0 aliphatic carbocycles. The Morgan fingerprint density at radius 2 is 2.17 bits per heavy atom. The van der Waals surface area contributed by atoms with E-state index < -0.39 is 11.6 Å². The molecule has 0 unspecified atom stereocenters. The van der Waals surface area contributed by atoms with Crippen LogP contribution in [0, 0.1) is 11.6 Å². The number of nitrogens with one attached hydrogen (secondary N) is 1. The van der Waals surface area contributed by atoms with Crippen LogP contribution in [0.4, 0.5) is 8.78 Å². The molecule has 0 aliphatic rings. The van der Waals surface area contributed by atoms with Crippen molar-refractivity contribution in [3.63, 3.8) is 0 Å². The Balaban J connectivity index is 2.00. The summed E-state index contributed by atoms with van der Waals surface area (Å²) in [6.45, 7) is 3.64. The minimum absolute atomic E-state index is 0.397. The molecule has 0 atom stereocenters. The van der Waals surface area contributed by atoms with Crippen molar-refractivity contribution >= 4 is 5.96 Å². The van der Waals surface area contributed by atoms with Gasteiger partial charge in [-0.25, -0.2) is 13.8 Å². The lowest BCUT2D eigenvalue weighted by Crippen LogP contribution is -2.39. The Morgan fingerprint density at radius 3 is 2.79 bits per heavy atom. The van der Waals surface area contributed by atoms with Gasteiger partial charge >= 0.3 is 0 Å². The third-order valence-corrected chi connectivity index (χ3v) is 3.54. The molecule has 6 nitrogen and oxygen atoms in total. The Hall–Kier alpha value is -2.51. The van der Waals surface area contributed by atoms with E-state index in [4.69, 9.17) is 0 Å². The molecular weight excluding hydrogens is 314 g/mol. The summed E-state index contributed by atoms with van der Waals surface area (Å²) in [5.74, 6) is 0.398. The van der Waals surface area contributed by atoms with Crippen LogP contribution in [0.5, 0.6) is 0 Å². The second kappa shape index (κ2) is 8.37. The summed E-state index contributed by atoms with van der Waals surface area (Å²) < 4.78 is 28.3. The van der Waals surface area contributed by atoms with E-state index in [0.717, 1.165) is 11.9 Å². The zero-order valence-corrected chi connectivity index (χ0v) is 14.1. The van der Waals surface area contributed by atoms with Gasteiger partial charge in [0.15, 0.2) is 5.96 Å². The summed E-state index contributed by atoms with van der Waals surface area (Å²) >= 11 is 0. The van der Waals surface area contributed by atoms with Crippen LogP contribution < -0.4 is 5.32 Å². The predicted molar refractivity (Wildman–Crippen MR) is 88.5 cm³/mol. The van der Waals surface area contributed by atoms with Crippen LogP contribution >= 0.6 is 0 Å². The fraction of sp³-hybridized carbons (Fsp3) is 0.438. The van der Waals surface area contributed by atoms with Crippen LogP contribution in [0.15, 0.2) is 29.5 Å². The molecule has 0 aliphatic heterocycles. The normalized spacial score (nSPS) is 11.6. The summed E-state index contributed by atoms with van der Waals surface area (Å²) in [4.78, 5) is 10.6. The van der Waals surface area contributed by atoms with Crippen molar-refractivity contribution < 1.29 is 8.78 Å². The molecule has 0 fully saturated rings. The van der Waals surface area contributed by atoms with Crippen molar-refractivity contribution in [1.29, 1.82) is 0 Å². The lowest BCUT2D eigenvalue weighted by molar-refractivity contribution is 0.448. The van der Waals surface area contributed by atoms with E-state index in [1.54, 1.807) is 4.68 Å². The van der Waals surface area contributed by atoms with Gasteiger partial charge in [-0.3, -0.25) is 9.67 Å². The number of nitrogens with zero attached hydrogens (tertiary/aromatic N) is 5. The van der Waals surface area contributed by atoms with E-state index in [1.807, 2.05) is 25.9 Å². The Kier molecular flexibility index (Phi) is 6.22. The quantitative estimate of drug-likeness (QED) is 0.645. The highest BCUT2D eigenvalue weighted by Gasteiger charge is 2.10. The molecule has 130 valence electrons. The van der Waals surface area contributed by atoms with E-state index >= 15 is 0 Å². The summed E-state index contributed by atoms with van der Waals surface area (Å²) in [5, 5.41) is 7.23. The predicted octanol–water partition coefficient (Wildman–Crippen LogP) is 1.73. The summed E-state index contributed by atoms with van der Waals surface area (Å²) in [6, 6.07) is 3.61. The van der Waals surface area contributed by atoms with E-state index in [9.17, 15) is 8.78 Å². The molecule has 0 amide bonds. The highest BCUT2D eigenvalue weighted by Crippen LogP contribution is 2.10. The topological polar surface area (TPSA) is 58.3 Å². The minimum Gasteiger partial charge on any atom is -0.357 e. The fourth-order valence-corrected chi connectivity index (χ4v) is 2.23. The maximum atomic E-state index is 13.6. The van der Waals surface area contributed by atoms with Gasteiger partial charge in [0.25, 0.3) is 0 Å². The van der Waals surface area contributed by atoms with Crippen LogP contribution in [0.25, 0.3) is 0 Å². The third kappa shape index (κ3) is 4.74. The van der Waals surface area contributed by atoms with Gasteiger partial charge in [0, 0.05) is 33.3 Å². The summed E-state index contributed by atoms with van der Waals surface area (Å²) in [5.41, 5.74) is 0.451. The van der Waals surface area contributed by atoms with Crippen LogP contribution in [0.1, 0.15) is 18.3 Å². The molecule has 0 saturated carbocycles. The zero-order valence-electron chi connectivity index (χ0n) is 14.1. The Morgan fingerprint density at radius 1 is 1.38 bits per heavy atom. The molecule has 8 heteroatoms. The van der Waals surface area contributed by atoms with Crippen molar-refractivity contribution in [2.75, 3.05) is 20.1 Å². The molecule has 0 spiro atoms. The number of hydrogen-bond acceptors (Lipinski definition) is 3. The smallest absolute Gasteiger partial charge is 0.194 e. The minimum atomic E-state index is -0.573. The van der Waals surface area contributed by atoms with E-state index in [1.165, 1.54) is 18.5 Å². The van der Waals surface area contributed by atoms with Crippen molar-refractivity contribution in [2.45, 2.75) is 19.9 Å².